The number of benzene rings is 2. The molecule has 0 aliphatic heterocycles. The molecule has 0 amide bonds. The fraction of sp³-hybridized carbons (Fsp3) is 0.118. The van der Waals surface area contributed by atoms with E-state index in [0.717, 1.165) is 26.5 Å². The van der Waals surface area contributed by atoms with E-state index in [-0.39, 0.29) is 0 Å². The van der Waals surface area contributed by atoms with Crippen LogP contribution in [0.2, 0.25) is 0 Å². The van der Waals surface area contributed by atoms with Gasteiger partial charge in [-0.15, -0.1) is 0 Å². The van der Waals surface area contributed by atoms with Crippen LogP contribution >= 0.6 is 15.9 Å². The zero-order valence-electron chi connectivity index (χ0n) is 11.2. The third kappa shape index (κ3) is 2.13. The van der Waals surface area contributed by atoms with E-state index in [1.54, 1.807) is 0 Å². The average molecular weight is 327 g/mol. The number of pyridine rings is 1. The summed E-state index contributed by atoms with van der Waals surface area (Å²) in [6.45, 7) is 2.02. The molecule has 2 aromatic carbocycles. The van der Waals surface area contributed by atoms with Gasteiger partial charge >= 0.3 is 0 Å². The normalized spacial score (nSPS) is 14.2. The molecule has 0 spiro atoms. The predicted octanol–water partition coefficient (Wildman–Crippen LogP) is 4.22. The zero-order chi connectivity index (χ0) is 14.2. The Morgan fingerprint density at radius 2 is 1.65 bits per heavy atom. The summed E-state index contributed by atoms with van der Waals surface area (Å²) >= 11 is 3.59. The number of rotatable bonds is 2. The van der Waals surface area contributed by atoms with Crippen LogP contribution in [0, 0.1) is 0 Å². The predicted molar refractivity (Wildman–Crippen MR) is 86.5 cm³/mol. The lowest BCUT2D eigenvalue weighted by Crippen LogP contribution is -2.35. The van der Waals surface area contributed by atoms with Crippen LogP contribution < -0.4 is 5.73 Å². The molecule has 0 bridgehead atoms. The Morgan fingerprint density at radius 1 is 0.950 bits per heavy atom. The van der Waals surface area contributed by atoms with Gasteiger partial charge in [0.2, 0.25) is 0 Å². The van der Waals surface area contributed by atoms with Gasteiger partial charge in [-0.05, 0) is 24.6 Å². The van der Waals surface area contributed by atoms with Crippen LogP contribution in [0.3, 0.4) is 0 Å². The SMILES string of the molecule is CC(N)(c1ccccc1Br)c1cccc2cccnc12. The minimum absolute atomic E-state index is 0.603. The van der Waals surface area contributed by atoms with Crippen molar-refractivity contribution in [2.45, 2.75) is 12.5 Å². The van der Waals surface area contributed by atoms with Gasteiger partial charge in [0.1, 0.15) is 0 Å². The van der Waals surface area contributed by atoms with Crippen LogP contribution in [0.15, 0.2) is 65.3 Å². The Bertz CT molecular complexity index is 760. The van der Waals surface area contributed by atoms with E-state index in [9.17, 15) is 0 Å². The second kappa shape index (κ2) is 5.00. The molecule has 100 valence electrons. The van der Waals surface area contributed by atoms with Crippen molar-refractivity contribution in [1.82, 2.24) is 4.98 Å². The fourth-order valence-electron chi connectivity index (χ4n) is 2.55. The lowest BCUT2D eigenvalue weighted by molar-refractivity contribution is 0.604. The Hall–Kier alpha value is -1.71. The molecule has 3 rings (SSSR count). The van der Waals surface area contributed by atoms with Gasteiger partial charge in [-0.2, -0.15) is 0 Å². The number of nitrogens with zero attached hydrogens (tertiary/aromatic N) is 1. The maximum Gasteiger partial charge on any atom is 0.0755 e. The van der Waals surface area contributed by atoms with E-state index in [4.69, 9.17) is 5.73 Å². The van der Waals surface area contributed by atoms with Crippen LogP contribution in [-0.4, -0.2) is 4.98 Å². The molecular weight excluding hydrogens is 312 g/mol. The van der Waals surface area contributed by atoms with Crippen molar-refractivity contribution in [2.75, 3.05) is 0 Å². The van der Waals surface area contributed by atoms with Crippen LogP contribution in [0.1, 0.15) is 18.1 Å². The number of halogens is 1. The smallest absolute Gasteiger partial charge is 0.0755 e. The van der Waals surface area contributed by atoms with E-state index >= 15 is 0 Å². The largest absolute Gasteiger partial charge is 0.318 e. The van der Waals surface area contributed by atoms with Gasteiger partial charge in [-0.1, -0.05) is 58.4 Å². The number of para-hydroxylation sites is 1. The first kappa shape index (κ1) is 13.3. The van der Waals surface area contributed by atoms with Crippen molar-refractivity contribution in [3.63, 3.8) is 0 Å². The third-order valence-electron chi connectivity index (χ3n) is 3.63. The van der Waals surface area contributed by atoms with E-state index < -0.39 is 5.54 Å². The van der Waals surface area contributed by atoms with Crippen molar-refractivity contribution in [3.8, 4) is 0 Å². The quantitative estimate of drug-likeness (QED) is 0.765. The first-order valence-electron chi connectivity index (χ1n) is 6.49. The molecule has 0 saturated carbocycles. The Kier molecular flexibility index (Phi) is 3.32. The third-order valence-corrected chi connectivity index (χ3v) is 4.32. The van der Waals surface area contributed by atoms with E-state index in [1.165, 1.54) is 0 Å². The molecule has 1 heterocycles. The van der Waals surface area contributed by atoms with Gasteiger partial charge in [0, 0.05) is 21.6 Å². The second-order valence-electron chi connectivity index (χ2n) is 5.06. The maximum atomic E-state index is 6.66. The van der Waals surface area contributed by atoms with Gasteiger partial charge in [-0.25, -0.2) is 0 Å². The molecule has 1 unspecified atom stereocenters. The number of fused-ring (bicyclic) bond motifs is 1. The molecule has 0 saturated heterocycles. The minimum Gasteiger partial charge on any atom is -0.318 e. The first-order chi connectivity index (χ1) is 9.60. The van der Waals surface area contributed by atoms with E-state index in [0.29, 0.717) is 0 Å². The second-order valence-corrected chi connectivity index (χ2v) is 5.92. The highest BCUT2D eigenvalue weighted by Gasteiger charge is 2.27. The minimum atomic E-state index is -0.603. The summed E-state index contributed by atoms with van der Waals surface area (Å²) in [6, 6.07) is 18.2. The number of nitrogens with two attached hydrogens (primary N) is 1. The van der Waals surface area contributed by atoms with Crippen LogP contribution in [0.4, 0.5) is 0 Å². The van der Waals surface area contributed by atoms with Gasteiger partial charge < -0.3 is 5.73 Å². The Morgan fingerprint density at radius 3 is 2.45 bits per heavy atom. The summed E-state index contributed by atoms with van der Waals surface area (Å²) in [5.74, 6) is 0. The lowest BCUT2D eigenvalue weighted by atomic mass is 9.84. The van der Waals surface area contributed by atoms with Crippen LogP contribution in [0.25, 0.3) is 10.9 Å². The molecule has 20 heavy (non-hydrogen) atoms. The van der Waals surface area contributed by atoms with Crippen LogP contribution in [0.5, 0.6) is 0 Å². The lowest BCUT2D eigenvalue weighted by Gasteiger charge is -2.28. The Labute approximate surface area is 126 Å². The average Bonchev–Trinajstić information content (AvgIpc) is 2.47. The fourth-order valence-corrected chi connectivity index (χ4v) is 3.25. The number of aromatic nitrogens is 1. The first-order valence-corrected chi connectivity index (χ1v) is 7.28. The summed E-state index contributed by atoms with van der Waals surface area (Å²) < 4.78 is 1.01. The molecule has 0 aliphatic carbocycles. The van der Waals surface area contributed by atoms with E-state index in [2.05, 4.69) is 39.1 Å². The molecule has 0 radical (unpaired) electrons. The van der Waals surface area contributed by atoms with Gasteiger partial charge in [0.15, 0.2) is 0 Å². The van der Waals surface area contributed by atoms with Crippen molar-refractivity contribution in [2.24, 2.45) is 5.73 Å². The maximum absolute atomic E-state index is 6.66. The molecule has 3 aromatic rings. The standard InChI is InChI=1S/C17H15BrN2/c1-17(19,13-8-2-3-10-15(13)18)14-9-4-6-12-7-5-11-20-16(12)14/h2-11H,19H2,1H3. The van der Waals surface area contributed by atoms with Crippen molar-refractivity contribution >= 4 is 26.8 Å². The molecule has 1 atom stereocenters. The molecule has 2 N–H and O–H groups in total. The monoisotopic (exact) mass is 326 g/mol. The van der Waals surface area contributed by atoms with Gasteiger partial charge in [0.25, 0.3) is 0 Å². The highest BCUT2D eigenvalue weighted by molar-refractivity contribution is 9.10. The van der Waals surface area contributed by atoms with Gasteiger partial charge in [0.05, 0.1) is 11.1 Å². The van der Waals surface area contributed by atoms with Crippen molar-refractivity contribution < 1.29 is 0 Å². The van der Waals surface area contributed by atoms with Crippen molar-refractivity contribution in [3.05, 3.63) is 76.4 Å². The molecular formula is C17H15BrN2. The molecule has 1 aromatic heterocycles. The summed E-state index contributed by atoms with van der Waals surface area (Å²) in [6.07, 6.45) is 1.81. The summed E-state index contributed by atoms with van der Waals surface area (Å²) in [4.78, 5) is 4.51. The van der Waals surface area contributed by atoms with Crippen LogP contribution in [-0.2, 0) is 5.54 Å². The molecule has 2 nitrogen and oxygen atoms in total. The summed E-state index contributed by atoms with van der Waals surface area (Å²) in [5, 5.41) is 1.11. The number of hydrogen-bond acceptors (Lipinski definition) is 2. The highest BCUT2D eigenvalue weighted by Crippen LogP contribution is 2.34. The Balaban J connectivity index is 2.27. The molecule has 0 aliphatic rings. The summed E-state index contributed by atoms with van der Waals surface area (Å²) in [7, 11) is 0. The number of hydrogen-bond donors (Lipinski definition) is 1. The topological polar surface area (TPSA) is 38.9 Å². The van der Waals surface area contributed by atoms with Gasteiger partial charge in [-0.3, -0.25) is 4.98 Å². The summed E-state index contributed by atoms with van der Waals surface area (Å²) in [5.41, 5.74) is 9.09. The molecule has 3 heteroatoms. The molecule has 0 fully saturated rings. The highest BCUT2D eigenvalue weighted by atomic mass is 79.9. The zero-order valence-corrected chi connectivity index (χ0v) is 12.8. The van der Waals surface area contributed by atoms with Crippen molar-refractivity contribution in [1.29, 1.82) is 0 Å². The van der Waals surface area contributed by atoms with E-state index in [1.807, 2.05) is 49.5 Å².